The molecule has 5 N–H and O–H groups in total. The summed E-state index contributed by atoms with van der Waals surface area (Å²) in [6.45, 7) is -0.0163. The molecule has 0 unspecified atom stereocenters. The SMILES string of the molecule is N[C@H](CCO)c1cc(O)cc(O)c1. The van der Waals surface area contributed by atoms with Gasteiger partial charge in [-0.25, -0.2) is 0 Å². The van der Waals surface area contributed by atoms with Gasteiger partial charge in [-0.2, -0.15) is 0 Å². The Kier molecular flexibility index (Phi) is 3.11. The van der Waals surface area contributed by atoms with Crippen molar-refractivity contribution in [3.05, 3.63) is 23.8 Å². The third-order valence-electron chi connectivity index (χ3n) is 1.79. The number of rotatable bonds is 3. The molecule has 0 saturated heterocycles. The van der Waals surface area contributed by atoms with Crippen LogP contribution in [-0.4, -0.2) is 21.9 Å². The van der Waals surface area contributed by atoms with Crippen LogP contribution < -0.4 is 5.73 Å². The highest BCUT2D eigenvalue weighted by Crippen LogP contribution is 2.24. The molecule has 72 valence electrons. The molecule has 0 bridgehead atoms. The number of phenolic OH excluding ortho intramolecular Hbond substituents is 2. The molecule has 0 aliphatic carbocycles. The van der Waals surface area contributed by atoms with E-state index in [1.807, 2.05) is 0 Å². The summed E-state index contributed by atoms with van der Waals surface area (Å²) in [5, 5.41) is 26.9. The van der Waals surface area contributed by atoms with Gasteiger partial charge in [0.15, 0.2) is 0 Å². The van der Waals surface area contributed by atoms with Crippen LogP contribution >= 0.6 is 0 Å². The number of nitrogens with two attached hydrogens (primary N) is 1. The van der Waals surface area contributed by atoms with Gasteiger partial charge in [0.1, 0.15) is 11.5 Å². The van der Waals surface area contributed by atoms with E-state index in [2.05, 4.69) is 0 Å². The largest absolute Gasteiger partial charge is 0.508 e. The minimum atomic E-state index is -0.358. The van der Waals surface area contributed by atoms with Crippen molar-refractivity contribution in [2.24, 2.45) is 5.73 Å². The number of aliphatic hydroxyl groups is 1. The molecule has 0 aliphatic heterocycles. The molecule has 1 aromatic carbocycles. The maximum atomic E-state index is 9.13. The maximum absolute atomic E-state index is 9.13. The Morgan fingerprint density at radius 2 is 1.69 bits per heavy atom. The minimum absolute atomic E-state index is 0.0163. The zero-order valence-electron chi connectivity index (χ0n) is 7.14. The molecule has 1 atom stereocenters. The van der Waals surface area contributed by atoms with E-state index >= 15 is 0 Å². The molecular formula is C9H13NO3. The second kappa shape index (κ2) is 4.11. The first kappa shape index (κ1) is 9.83. The van der Waals surface area contributed by atoms with Crippen LogP contribution in [0.5, 0.6) is 11.5 Å². The van der Waals surface area contributed by atoms with Crippen LogP contribution in [0, 0.1) is 0 Å². The lowest BCUT2D eigenvalue weighted by molar-refractivity contribution is 0.276. The molecule has 0 amide bonds. The van der Waals surface area contributed by atoms with Crippen molar-refractivity contribution in [1.29, 1.82) is 0 Å². The average molecular weight is 183 g/mol. The predicted molar refractivity (Wildman–Crippen MR) is 48.4 cm³/mol. The highest BCUT2D eigenvalue weighted by Gasteiger charge is 2.07. The van der Waals surface area contributed by atoms with Crippen molar-refractivity contribution in [2.75, 3.05) is 6.61 Å². The van der Waals surface area contributed by atoms with E-state index in [9.17, 15) is 0 Å². The van der Waals surface area contributed by atoms with Crippen molar-refractivity contribution < 1.29 is 15.3 Å². The van der Waals surface area contributed by atoms with Crippen LogP contribution in [0.4, 0.5) is 0 Å². The zero-order valence-corrected chi connectivity index (χ0v) is 7.14. The molecule has 4 nitrogen and oxygen atoms in total. The number of hydrogen-bond acceptors (Lipinski definition) is 4. The average Bonchev–Trinajstić information content (AvgIpc) is 2.03. The second-order valence-electron chi connectivity index (χ2n) is 2.90. The van der Waals surface area contributed by atoms with Crippen LogP contribution in [0.25, 0.3) is 0 Å². The van der Waals surface area contributed by atoms with Crippen LogP contribution in [0.15, 0.2) is 18.2 Å². The summed E-state index contributed by atoms with van der Waals surface area (Å²) in [5.74, 6) is -0.0493. The Bertz CT molecular complexity index is 268. The molecule has 0 heterocycles. The van der Waals surface area contributed by atoms with Crippen LogP contribution in [0.1, 0.15) is 18.0 Å². The summed E-state index contributed by atoms with van der Waals surface area (Å²) >= 11 is 0. The predicted octanol–water partition coefficient (Wildman–Crippen LogP) is 0.480. The van der Waals surface area contributed by atoms with Crippen LogP contribution in [0.2, 0.25) is 0 Å². The van der Waals surface area contributed by atoms with E-state index in [0.29, 0.717) is 12.0 Å². The topological polar surface area (TPSA) is 86.7 Å². The summed E-state index contributed by atoms with van der Waals surface area (Å²) in [4.78, 5) is 0. The number of hydrogen-bond donors (Lipinski definition) is 4. The van der Waals surface area contributed by atoms with Gasteiger partial charge >= 0.3 is 0 Å². The fourth-order valence-corrected chi connectivity index (χ4v) is 1.14. The monoisotopic (exact) mass is 183 g/mol. The van der Waals surface area contributed by atoms with Gasteiger partial charge in [-0.15, -0.1) is 0 Å². The lowest BCUT2D eigenvalue weighted by Gasteiger charge is -2.10. The number of aromatic hydroxyl groups is 2. The summed E-state index contributed by atoms with van der Waals surface area (Å²) in [5.41, 5.74) is 6.28. The zero-order chi connectivity index (χ0) is 9.84. The standard InChI is InChI=1S/C9H13NO3/c10-9(1-2-11)6-3-7(12)5-8(13)4-6/h3-5,9,11-13H,1-2,10H2/t9-/m1/s1. The first-order valence-electron chi connectivity index (χ1n) is 4.03. The van der Waals surface area contributed by atoms with Gasteiger partial charge in [0.2, 0.25) is 0 Å². The van der Waals surface area contributed by atoms with E-state index in [0.717, 1.165) is 0 Å². The first-order valence-corrected chi connectivity index (χ1v) is 4.03. The fraction of sp³-hybridized carbons (Fsp3) is 0.333. The number of phenols is 2. The van der Waals surface area contributed by atoms with Crippen molar-refractivity contribution >= 4 is 0 Å². The quantitative estimate of drug-likeness (QED) is 0.549. The Morgan fingerprint density at radius 3 is 2.15 bits per heavy atom. The van der Waals surface area contributed by atoms with Crippen LogP contribution in [-0.2, 0) is 0 Å². The third kappa shape index (κ3) is 2.61. The maximum Gasteiger partial charge on any atom is 0.119 e. The summed E-state index contributed by atoms with van der Waals surface area (Å²) in [6.07, 6.45) is 0.406. The number of aliphatic hydroxyl groups excluding tert-OH is 1. The van der Waals surface area contributed by atoms with Gasteiger partial charge in [-0.3, -0.25) is 0 Å². The highest BCUT2D eigenvalue weighted by molar-refractivity contribution is 5.37. The molecule has 1 aromatic rings. The van der Waals surface area contributed by atoms with Crippen LogP contribution in [0.3, 0.4) is 0 Å². The Labute approximate surface area is 76.2 Å². The van der Waals surface area contributed by atoms with E-state index in [1.54, 1.807) is 0 Å². The molecule has 0 radical (unpaired) electrons. The van der Waals surface area contributed by atoms with Gasteiger partial charge < -0.3 is 21.1 Å². The second-order valence-corrected chi connectivity index (χ2v) is 2.90. The minimum Gasteiger partial charge on any atom is -0.508 e. The first-order chi connectivity index (χ1) is 6.13. The Hall–Kier alpha value is -1.26. The lowest BCUT2D eigenvalue weighted by atomic mass is 10.0. The number of benzene rings is 1. The fourth-order valence-electron chi connectivity index (χ4n) is 1.14. The van der Waals surface area contributed by atoms with E-state index in [-0.39, 0.29) is 24.1 Å². The van der Waals surface area contributed by atoms with Crippen molar-refractivity contribution in [2.45, 2.75) is 12.5 Å². The van der Waals surface area contributed by atoms with E-state index in [4.69, 9.17) is 21.1 Å². The molecule has 0 saturated carbocycles. The van der Waals surface area contributed by atoms with Gasteiger partial charge in [0.25, 0.3) is 0 Å². The smallest absolute Gasteiger partial charge is 0.119 e. The lowest BCUT2D eigenvalue weighted by Crippen LogP contribution is -2.11. The molecule has 4 heteroatoms. The summed E-state index contributed by atoms with van der Waals surface area (Å²) in [7, 11) is 0. The van der Waals surface area contributed by atoms with Crippen molar-refractivity contribution in [1.82, 2.24) is 0 Å². The van der Waals surface area contributed by atoms with Gasteiger partial charge in [0.05, 0.1) is 0 Å². The summed E-state index contributed by atoms with van der Waals surface area (Å²) in [6, 6.07) is 3.82. The molecule has 0 aliphatic rings. The molecule has 1 rings (SSSR count). The Balaban J connectivity index is 2.87. The van der Waals surface area contributed by atoms with E-state index in [1.165, 1.54) is 18.2 Å². The van der Waals surface area contributed by atoms with Gasteiger partial charge in [-0.05, 0) is 24.1 Å². The highest BCUT2D eigenvalue weighted by atomic mass is 16.3. The normalized spacial score (nSPS) is 12.8. The van der Waals surface area contributed by atoms with Gasteiger partial charge in [0, 0.05) is 18.7 Å². The van der Waals surface area contributed by atoms with E-state index < -0.39 is 0 Å². The summed E-state index contributed by atoms with van der Waals surface area (Å²) < 4.78 is 0. The van der Waals surface area contributed by atoms with Crippen molar-refractivity contribution in [3.63, 3.8) is 0 Å². The van der Waals surface area contributed by atoms with Gasteiger partial charge in [-0.1, -0.05) is 0 Å². The third-order valence-corrected chi connectivity index (χ3v) is 1.79. The molecule has 13 heavy (non-hydrogen) atoms. The van der Waals surface area contributed by atoms with Crippen molar-refractivity contribution in [3.8, 4) is 11.5 Å². The molecule has 0 spiro atoms. The molecular weight excluding hydrogens is 170 g/mol. The molecule has 0 fully saturated rings. The Morgan fingerprint density at radius 1 is 1.15 bits per heavy atom. The molecule has 0 aromatic heterocycles.